The molecule has 4 N–H and O–H groups in total. The molecule has 3 aliphatic heterocycles. The number of methoxy groups -OCH3 is 1. The molecule has 4 atom stereocenters. The Morgan fingerprint density at radius 2 is 1.84 bits per heavy atom. The van der Waals surface area contributed by atoms with Crippen LogP contribution in [0, 0.1) is 11.8 Å². The number of hydrogen-bond donors (Lipinski definition) is 4. The van der Waals surface area contributed by atoms with Gasteiger partial charge in [0.05, 0.1) is 42.6 Å². The third-order valence-corrected chi connectivity index (χ3v) is 13.9. The Morgan fingerprint density at radius 3 is 2.54 bits per heavy atom. The molecule has 13 nitrogen and oxygen atoms in total. The number of fused-ring (bicyclic) bond motifs is 3. The van der Waals surface area contributed by atoms with E-state index in [1.54, 1.807) is 14.0 Å². The fraction of sp³-hybridized carbons (Fsp3) is 0.562. The van der Waals surface area contributed by atoms with Crippen molar-refractivity contribution in [1.82, 2.24) is 9.88 Å². The van der Waals surface area contributed by atoms with Crippen LogP contribution in [0.1, 0.15) is 106 Å². The van der Waals surface area contributed by atoms with Crippen LogP contribution in [0.2, 0.25) is 0 Å². The highest BCUT2D eigenvalue weighted by Crippen LogP contribution is 2.57. The molecular formula is C48H60N2O11. The number of Topliss-reactive ketones (excluding diaryl/α,β-unsaturated/α-hetero) is 1. The lowest BCUT2D eigenvalue weighted by Crippen LogP contribution is -2.52. The first kappa shape index (κ1) is 43.1. The number of rotatable bonds is 14. The number of H-pyrrole nitrogens is 1. The summed E-state index contributed by atoms with van der Waals surface area (Å²) in [5, 5.41) is 35.4. The molecule has 61 heavy (non-hydrogen) atoms. The molecule has 328 valence electrons. The summed E-state index contributed by atoms with van der Waals surface area (Å²) >= 11 is 0. The predicted molar refractivity (Wildman–Crippen MR) is 227 cm³/mol. The van der Waals surface area contributed by atoms with Gasteiger partial charge in [0, 0.05) is 61.4 Å². The van der Waals surface area contributed by atoms with Gasteiger partial charge in [0.25, 0.3) is 0 Å². The van der Waals surface area contributed by atoms with Gasteiger partial charge in [0.1, 0.15) is 34.7 Å². The number of nitrogens with one attached hydrogen (secondary N) is 1. The number of carbonyl (C=O) groups excluding carboxylic acids is 3. The Labute approximate surface area is 357 Å². The fourth-order valence-corrected chi connectivity index (χ4v) is 10.5. The van der Waals surface area contributed by atoms with Crippen molar-refractivity contribution in [2.24, 2.45) is 11.8 Å². The molecule has 0 spiro atoms. The van der Waals surface area contributed by atoms with Crippen LogP contribution in [0.25, 0.3) is 16.5 Å². The molecule has 2 aliphatic carbocycles. The number of ketones is 1. The maximum absolute atomic E-state index is 14.2. The zero-order valence-corrected chi connectivity index (χ0v) is 35.6. The predicted octanol–water partition coefficient (Wildman–Crippen LogP) is 6.09. The van der Waals surface area contributed by atoms with Crippen LogP contribution >= 0.6 is 0 Å². The maximum atomic E-state index is 14.2. The van der Waals surface area contributed by atoms with Gasteiger partial charge in [0.2, 0.25) is 5.76 Å². The Bertz CT molecular complexity index is 2190. The Kier molecular flexibility index (Phi) is 13.0. The standard InChI is InChI=1S/C48H60N2O11/c1-4-58-47(55)46-36(26-52)40(30-22-31(25-51)42(54)34(23-30)28-11-12-38-29(21-28)13-16-49-38)41-44(59-33-9-6-5-7-10-33)35-24-39(60-43(35)37(27-53)45(41)61-46)48(2,56)32-14-18-50(19-15-32)17-8-20-57-3/h11-13,16,21,26,31-34,39,49,51,53,56H,4-10,14-15,17-20,22-25,27H2,1-3H3. The van der Waals surface area contributed by atoms with E-state index in [1.165, 1.54) is 0 Å². The van der Waals surface area contributed by atoms with Gasteiger partial charge in [-0.3, -0.25) is 9.59 Å². The average Bonchev–Trinajstić information content (AvgIpc) is 3.95. The number of carbonyl (C=O) groups is 3. The van der Waals surface area contributed by atoms with E-state index in [-0.39, 0.29) is 66.3 Å². The van der Waals surface area contributed by atoms with Crippen LogP contribution in [0.4, 0.5) is 0 Å². The van der Waals surface area contributed by atoms with E-state index in [2.05, 4.69) is 9.88 Å². The normalized spacial score (nSPS) is 24.8. The summed E-state index contributed by atoms with van der Waals surface area (Å²) in [5.41, 5.74) is 2.74. The maximum Gasteiger partial charge on any atom is 0.375 e. The largest absolute Gasteiger partial charge is 0.489 e. The number of hydrogen-bond acceptors (Lipinski definition) is 12. The molecule has 1 aromatic heterocycles. The van der Waals surface area contributed by atoms with Crippen molar-refractivity contribution in [2.45, 2.75) is 115 Å². The topological polar surface area (TPSA) is 177 Å². The minimum atomic E-state index is -1.26. The first-order valence-electron chi connectivity index (χ1n) is 22.2. The summed E-state index contributed by atoms with van der Waals surface area (Å²) in [5.74, 6) is -1.97. The van der Waals surface area contributed by atoms with Gasteiger partial charge in [-0.2, -0.15) is 0 Å². The quantitative estimate of drug-likeness (QED) is 0.0836. The third kappa shape index (κ3) is 8.27. The Hall–Kier alpha value is -4.53. The molecule has 3 aromatic rings. The van der Waals surface area contributed by atoms with Crippen LogP contribution in [0.5, 0.6) is 17.2 Å². The van der Waals surface area contributed by atoms with Crippen LogP contribution in [0.15, 0.2) is 47.4 Å². The Morgan fingerprint density at radius 1 is 1.05 bits per heavy atom. The molecule has 0 amide bonds. The number of benzene rings is 2. The minimum Gasteiger partial charge on any atom is -0.489 e. The second-order valence-corrected chi connectivity index (χ2v) is 17.6. The zero-order chi connectivity index (χ0) is 42.8. The highest BCUT2D eigenvalue weighted by molar-refractivity contribution is 6.11. The lowest BCUT2D eigenvalue weighted by molar-refractivity contribution is -0.141. The Balaban J connectivity index is 1.28. The molecule has 0 radical (unpaired) electrons. The summed E-state index contributed by atoms with van der Waals surface area (Å²) in [7, 11) is 1.71. The van der Waals surface area contributed by atoms with E-state index < -0.39 is 42.7 Å². The van der Waals surface area contributed by atoms with Gasteiger partial charge in [0.15, 0.2) is 6.29 Å². The van der Waals surface area contributed by atoms with Gasteiger partial charge >= 0.3 is 5.97 Å². The second kappa shape index (κ2) is 18.4. The highest BCUT2D eigenvalue weighted by atomic mass is 16.6. The number of aliphatic hydroxyl groups excluding tert-OH is 2. The molecular weight excluding hydrogens is 781 g/mol. The van der Waals surface area contributed by atoms with Crippen molar-refractivity contribution >= 4 is 34.5 Å². The average molecular weight is 841 g/mol. The number of likely N-dealkylation sites (tertiary alicyclic amines) is 1. The lowest BCUT2D eigenvalue weighted by Gasteiger charge is -2.42. The summed E-state index contributed by atoms with van der Waals surface area (Å²) in [6.07, 6.45) is 9.28. The molecule has 5 aliphatic rings. The molecule has 4 unspecified atom stereocenters. The van der Waals surface area contributed by atoms with Crippen LogP contribution < -0.4 is 14.2 Å². The smallest absolute Gasteiger partial charge is 0.375 e. The van der Waals surface area contributed by atoms with E-state index in [4.69, 9.17) is 23.7 Å². The molecule has 0 bridgehead atoms. The van der Waals surface area contributed by atoms with Gasteiger partial charge in [-0.15, -0.1) is 0 Å². The van der Waals surface area contributed by atoms with Gasteiger partial charge < -0.3 is 48.9 Å². The number of allylic oxidation sites excluding steroid dienone is 3. The zero-order valence-electron chi connectivity index (χ0n) is 35.6. The summed E-state index contributed by atoms with van der Waals surface area (Å²) in [4.78, 5) is 47.1. The number of aldehydes is 1. The van der Waals surface area contributed by atoms with Crippen molar-refractivity contribution in [3.63, 3.8) is 0 Å². The van der Waals surface area contributed by atoms with Crippen molar-refractivity contribution < 1.29 is 53.4 Å². The molecule has 2 saturated carbocycles. The van der Waals surface area contributed by atoms with E-state index in [0.717, 1.165) is 87.5 Å². The number of aliphatic hydroxyl groups is 3. The first-order chi connectivity index (χ1) is 29.6. The van der Waals surface area contributed by atoms with E-state index in [9.17, 15) is 29.7 Å². The van der Waals surface area contributed by atoms with Crippen molar-refractivity contribution in [2.75, 3.05) is 46.6 Å². The number of nitrogens with zero attached hydrogens (tertiary/aromatic N) is 1. The molecule has 2 aromatic carbocycles. The SMILES string of the molecule is CCOC(=O)C1=C(C=O)C(=C2CC(CO)C(=O)C(c3ccc4[nH]ccc4c3)C2)c2c(c(CO)c3c(c2OC2CCCCC2)CC(C(C)(O)C2CCN(CCCOC)CC2)O3)O1. The number of esters is 1. The van der Waals surface area contributed by atoms with E-state index in [0.29, 0.717) is 46.7 Å². The van der Waals surface area contributed by atoms with Crippen LogP contribution in [-0.2, 0) is 36.9 Å². The van der Waals surface area contributed by atoms with Crippen LogP contribution in [0.3, 0.4) is 0 Å². The molecule has 3 fully saturated rings. The lowest BCUT2D eigenvalue weighted by atomic mass is 9.71. The first-order valence-corrected chi connectivity index (χ1v) is 22.2. The summed E-state index contributed by atoms with van der Waals surface area (Å²) in [6.45, 7) is 5.86. The van der Waals surface area contributed by atoms with Crippen molar-refractivity contribution in [1.29, 1.82) is 0 Å². The van der Waals surface area contributed by atoms with Gasteiger partial charge in [-0.25, -0.2) is 4.79 Å². The van der Waals surface area contributed by atoms with Crippen molar-refractivity contribution in [3.05, 3.63) is 69.6 Å². The molecule has 13 heteroatoms. The summed E-state index contributed by atoms with van der Waals surface area (Å²) in [6, 6.07) is 7.74. The van der Waals surface area contributed by atoms with Gasteiger partial charge in [-0.05, 0) is 120 Å². The van der Waals surface area contributed by atoms with Gasteiger partial charge in [-0.1, -0.05) is 18.1 Å². The molecule has 1 saturated heterocycles. The minimum absolute atomic E-state index is 0.0143. The summed E-state index contributed by atoms with van der Waals surface area (Å²) < 4.78 is 31.1. The second-order valence-electron chi connectivity index (χ2n) is 17.6. The number of aromatic amines is 1. The number of aromatic nitrogens is 1. The third-order valence-electron chi connectivity index (χ3n) is 13.9. The monoisotopic (exact) mass is 840 g/mol. The molecule has 8 rings (SSSR count). The fourth-order valence-electron chi connectivity index (χ4n) is 10.5. The highest BCUT2D eigenvalue weighted by Gasteiger charge is 2.50. The number of piperidine rings is 1. The molecule has 4 heterocycles. The number of ether oxygens (including phenoxy) is 5. The van der Waals surface area contributed by atoms with E-state index in [1.807, 2.05) is 37.4 Å². The van der Waals surface area contributed by atoms with Crippen LogP contribution in [-0.4, -0.2) is 108 Å². The van der Waals surface area contributed by atoms with E-state index >= 15 is 0 Å². The van der Waals surface area contributed by atoms with Crippen molar-refractivity contribution in [3.8, 4) is 17.2 Å².